The second kappa shape index (κ2) is 8.43. The van der Waals surface area contributed by atoms with Gasteiger partial charge in [0.25, 0.3) is 5.91 Å². The van der Waals surface area contributed by atoms with Crippen LogP contribution in [0.5, 0.6) is 0 Å². The van der Waals surface area contributed by atoms with Gasteiger partial charge in [0.2, 0.25) is 0 Å². The van der Waals surface area contributed by atoms with Gasteiger partial charge in [-0.05, 0) is 30.9 Å². The number of carbonyl (C=O) groups excluding carboxylic acids is 3. The molecular formula is C18H19FN4O4. The zero-order valence-electron chi connectivity index (χ0n) is 14.5. The maximum absolute atomic E-state index is 13.7. The van der Waals surface area contributed by atoms with E-state index in [1.807, 2.05) is 0 Å². The molecule has 0 unspecified atom stereocenters. The number of hydrogen-bond acceptors (Lipinski definition) is 5. The van der Waals surface area contributed by atoms with E-state index in [1.165, 1.54) is 24.5 Å². The molecule has 1 aromatic carbocycles. The summed E-state index contributed by atoms with van der Waals surface area (Å²) in [7, 11) is 0. The molecule has 2 aromatic rings. The second-order valence-electron chi connectivity index (χ2n) is 6.26. The van der Waals surface area contributed by atoms with Crippen molar-refractivity contribution in [3.8, 4) is 0 Å². The number of piperidine rings is 1. The largest absolute Gasteiger partial charge is 0.363 e. The highest BCUT2D eigenvalue weighted by molar-refractivity contribution is 6.39. The van der Waals surface area contributed by atoms with Gasteiger partial charge in [-0.2, -0.15) is 0 Å². The molecule has 0 atom stereocenters. The summed E-state index contributed by atoms with van der Waals surface area (Å²) in [5, 5.41) is 8.38. The van der Waals surface area contributed by atoms with E-state index < -0.39 is 17.6 Å². The van der Waals surface area contributed by atoms with E-state index in [4.69, 9.17) is 0 Å². The van der Waals surface area contributed by atoms with Crippen LogP contribution < -0.4 is 10.6 Å². The van der Waals surface area contributed by atoms with Crippen molar-refractivity contribution in [3.05, 3.63) is 48.0 Å². The van der Waals surface area contributed by atoms with Crippen LogP contribution in [0.3, 0.4) is 0 Å². The highest BCUT2D eigenvalue weighted by Crippen LogP contribution is 2.19. The Balaban J connectivity index is 1.43. The molecule has 0 aliphatic carbocycles. The van der Waals surface area contributed by atoms with Crippen LogP contribution in [-0.2, 0) is 9.59 Å². The molecule has 2 heterocycles. The van der Waals surface area contributed by atoms with Crippen LogP contribution in [0.15, 0.2) is 41.1 Å². The molecule has 1 aromatic heterocycles. The summed E-state index contributed by atoms with van der Waals surface area (Å²) in [5.74, 6) is -2.15. The summed E-state index contributed by atoms with van der Waals surface area (Å²) in [5.41, 5.74) is 0.0637. The van der Waals surface area contributed by atoms with Crippen LogP contribution in [0.1, 0.15) is 23.2 Å². The number of aromatic nitrogens is 1. The van der Waals surface area contributed by atoms with Gasteiger partial charge < -0.3 is 14.7 Å². The summed E-state index contributed by atoms with van der Waals surface area (Å²) in [6.45, 7) is 1.27. The summed E-state index contributed by atoms with van der Waals surface area (Å²) in [6.07, 6.45) is 2.60. The number of nitrogens with zero attached hydrogens (tertiary/aromatic N) is 2. The van der Waals surface area contributed by atoms with Gasteiger partial charge in [-0.25, -0.2) is 4.39 Å². The second-order valence-corrected chi connectivity index (χ2v) is 6.26. The number of anilines is 1. The van der Waals surface area contributed by atoms with Gasteiger partial charge in [0.1, 0.15) is 12.1 Å². The lowest BCUT2D eigenvalue weighted by molar-refractivity contribution is -0.136. The molecule has 2 N–H and O–H groups in total. The first kappa shape index (κ1) is 18.6. The molecule has 0 radical (unpaired) electrons. The molecule has 0 spiro atoms. The van der Waals surface area contributed by atoms with Crippen LogP contribution in [-0.4, -0.2) is 47.4 Å². The lowest BCUT2D eigenvalue weighted by atomic mass is 9.96. The van der Waals surface area contributed by atoms with Crippen molar-refractivity contribution in [1.29, 1.82) is 0 Å². The van der Waals surface area contributed by atoms with Crippen molar-refractivity contribution in [2.45, 2.75) is 12.8 Å². The fourth-order valence-corrected chi connectivity index (χ4v) is 2.91. The van der Waals surface area contributed by atoms with Crippen molar-refractivity contribution in [2.24, 2.45) is 5.92 Å². The normalized spacial score (nSPS) is 14.6. The third-order valence-electron chi connectivity index (χ3n) is 4.44. The highest BCUT2D eigenvalue weighted by Gasteiger charge is 2.26. The predicted molar refractivity (Wildman–Crippen MR) is 93.2 cm³/mol. The van der Waals surface area contributed by atoms with E-state index in [1.54, 1.807) is 17.0 Å². The Kier molecular flexibility index (Phi) is 5.80. The number of likely N-dealkylation sites (tertiary alicyclic amines) is 1. The molecule has 0 saturated carbocycles. The summed E-state index contributed by atoms with van der Waals surface area (Å²) in [6, 6.07) is 7.33. The lowest BCUT2D eigenvalue weighted by Gasteiger charge is -2.32. The Morgan fingerprint density at radius 3 is 2.56 bits per heavy atom. The van der Waals surface area contributed by atoms with E-state index in [0.29, 0.717) is 32.5 Å². The highest BCUT2D eigenvalue weighted by atomic mass is 19.1. The smallest absolute Gasteiger partial charge is 0.314 e. The number of rotatable bonds is 4. The first-order chi connectivity index (χ1) is 13.0. The minimum absolute atomic E-state index is 0.0637. The molecule has 1 saturated heterocycles. The van der Waals surface area contributed by atoms with Crippen molar-refractivity contribution in [3.63, 3.8) is 0 Å². The number of amides is 3. The minimum atomic E-state index is -0.823. The monoisotopic (exact) mass is 374 g/mol. The molecule has 0 bridgehead atoms. The predicted octanol–water partition coefficient (Wildman–Crippen LogP) is 1.42. The van der Waals surface area contributed by atoms with Crippen LogP contribution in [0.25, 0.3) is 0 Å². The third-order valence-corrected chi connectivity index (χ3v) is 4.44. The van der Waals surface area contributed by atoms with Gasteiger partial charge in [0, 0.05) is 25.7 Å². The maximum Gasteiger partial charge on any atom is 0.314 e. The number of benzene rings is 1. The Bertz CT molecular complexity index is 817. The fraction of sp³-hybridized carbons (Fsp3) is 0.333. The minimum Gasteiger partial charge on any atom is -0.363 e. The number of hydrogen-bond donors (Lipinski definition) is 2. The Morgan fingerprint density at radius 2 is 1.89 bits per heavy atom. The first-order valence-electron chi connectivity index (χ1n) is 8.58. The summed E-state index contributed by atoms with van der Waals surface area (Å²) >= 11 is 0. The van der Waals surface area contributed by atoms with E-state index in [2.05, 4.69) is 20.3 Å². The molecule has 9 heteroatoms. The molecule has 27 heavy (non-hydrogen) atoms. The van der Waals surface area contributed by atoms with Gasteiger partial charge in [0.05, 0.1) is 5.56 Å². The average molecular weight is 374 g/mol. The summed E-state index contributed by atoms with van der Waals surface area (Å²) < 4.78 is 18.3. The van der Waals surface area contributed by atoms with E-state index in [0.717, 1.165) is 0 Å². The standard InChI is InChI=1S/C18H19FN4O4/c19-14-4-2-1-3-13(14)18(26)23-8-5-12(6-9-23)11-20-16(24)17(25)21-15-7-10-27-22-15/h1-4,7,10,12H,5-6,8-9,11H2,(H,20,24)(H,21,22,25). The molecule has 1 aliphatic rings. The molecule has 142 valence electrons. The van der Waals surface area contributed by atoms with Gasteiger partial charge in [-0.3, -0.25) is 19.7 Å². The van der Waals surface area contributed by atoms with Gasteiger partial charge in [0.15, 0.2) is 5.82 Å². The fourth-order valence-electron chi connectivity index (χ4n) is 2.91. The number of nitrogens with one attached hydrogen (secondary N) is 2. The first-order valence-corrected chi connectivity index (χ1v) is 8.58. The molecule has 1 fully saturated rings. The van der Waals surface area contributed by atoms with Crippen LogP contribution in [0.2, 0.25) is 0 Å². The van der Waals surface area contributed by atoms with Gasteiger partial charge >= 0.3 is 11.8 Å². The lowest BCUT2D eigenvalue weighted by Crippen LogP contribution is -2.43. The topological polar surface area (TPSA) is 105 Å². The number of carbonyl (C=O) groups is 3. The van der Waals surface area contributed by atoms with Crippen molar-refractivity contribution >= 4 is 23.5 Å². The molecular weight excluding hydrogens is 355 g/mol. The Morgan fingerprint density at radius 1 is 1.15 bits per heavy atom. The van der Waals surface area contributed by atoms with E-state index >= 15 is 0 Å². The van der Waals surface area contributed by atoms with E-state index in [9.17, 15) is 18.8 Å². The van der Waals surface area contributed by atoms with Gasteiger partial charge in [-0.15, -0.1) is 0 Å². The SMILES string of the molecule is O=C(NCC1CCN(C(=O)c2ccccc2F)CC1)C(=O)Nc1ccon1. The Hall–Kier alpha value is -3.23. The van der Waals surface area contributed by atoms with E-state index in [-0.39, 0.29) is 23.2 Å². The summed E-state index contributed by atoms with van der Waals surface area (Å²) in [4.78, 5) is 37.5. The quantitative estimate of drug-likeness (QED) is 0.788. The van der Waals surface area contributed by atoms with Crippen molar-refractivity contribution < 1.29 is 23.3 Å². The zero-order valence-corrected chi connectivity index (χ0v) is 14.5. The van der Waals surface area contributed by atoms with Gasteiger partial charge in [-0.1, -0.05) is 17.3 Å². The Labute approximate surface area is 154 Å². The van der Waals surface area contributed by atoms with Crippen molar-refractivity contribution in [2.75, 3.05) is 25.0 Å². The van der Waals surface area contributed by atoms with Crippen LogP contribution in [0.4, 0.5) is 10.2 Å². The van der Waals surface area contributed by atoms with Crippen LogP contribution >= 0.6 is 0 Å². The number of halogens is 1. The maximum atomic E-state index is 13.7. The molecule has 8 nitrogen and oxygen atoms in total. The molecule has 3 rings (SSSR count). The molecule has 1 aliphatic heterocycles. The third kappa shape index (κ3) is 4.69. The molecule has 3 amide bonds. The average Bonchev–Trinajstić information content (AvgIpc) is 3.19. The van der Waals surface area contributed by atoms with Crippen molar-refractivity contribution in [1.82, 2.24) is 15.4 Å². The zero-order chi connectivity index (χ0) is 19.2. The van der Waals surface area contributed by atoms with Crippen LogP contribution in [0, 0.1) is 11.7 Å².